The highest BCUT2D eigenvalue weighted by Crippen LogP contribution is 2.28. The number of hydrogen-bond acceptors (Lipinski definition) is 4. The maximum absolute atomic E-state index is 12.7. The molecule has 1 saturated heterocycles. The van der Waals surface area contributed by atoms with Crippen LogP contribution in [0.4, 0.5) is 0 Å². The van der Waals surface area contributed by atoms with Crippen LogP contribution in [0.3, 0.4) is 0 Å². The summed E-state index contributed by atoms with van der Waals surface area (Å²) in [6, 6.07) is 13.9. The summed E-state index contributed by atoms with van der Waals surface area (Å²) < 4.78 is 51.1. The van der Waals surface area contributed by atoms with E-state index in [9.17, 15) is 16.8 Å². The van der Waals surface area contributed by atoms with Crippen LogP contribution in [0.2, 0.25) is 5.02 Å². The van der Waals surface area contributed by atoms with E-state index >= 15 is 0 Å². The predicted molar refractivity (Wildman–Crippen MR) is 108 cm³/mol. The van der Waals surface area contributed by atoms with Gasteiger partial charge in [-0.2, -0.15) is 4.31 Å². The molecule has 0 aliphatic carbocycles. The monoisotopic (exact) mass is 427 g/mol. The Balaban J connectivity index is 1.72. The highest BCUT2D eigenvalue weighted by atomic mass is 35.5. The lowest BCUT2D eigenvalue weighted by Crippen LogP contribution is -2.57. The third-order valence-corrected chi connectivity index (χ3v) is 9.10. The average molecular weight is 428 g/mol. The van der Waals surface area contributed by atoms with Gasteiger partial charge < -0.3 is 0 Å². The molecule has 0 saturated carbocycles. The third kappa shape index (κ3) is 4.37. The zero-order valence-corrected chi connectivity index (χ0v) is 17.6. The molecule has 0 spiro atoms. The van der Waals surface area contributed by atoms with Crippen molar-refractivity contribution in [2.45, 2.75) is 24.0 Å². The van der Waals surface area contributed by atoms with E-state index in [1.165, 1.54) is 4.31 Å². The van der Waals surface area contributed by atoms with E-state index in [2.05, 4.69) is 0 Å². The Morgan fingerprint density at radius 2 is 1.41 bits per heavy atom. The molecular weight excluding hydrogens is 406 g/mol. The van der Waals surface area contributed by atoms with Gasteiger partial charge >= 0.3 is 0 Å². The summed E-state index contributed by atoms with van der Waals surface area (Å²) in [7, 11) is -6.94. The Morgan fingerprint density at radius 1 is 0.926 bits per heavy atom. The Morgan fingerprint density at radius 3 is 1.89 bits per heavy atom. The lowest BCUT2D eigenvalue weighted by molar-refractivity contribution is 0.309. The molecule has 8 heteroatoms. The summed E-state index contributed by atoms with van der Waals surface area (Å²) in [5, 5.41) is 0.0284. The first-order chi connectivity index (χ1) is 12.6. The van der Waals surface area contributed by atoms with Crippen LogP contribution in [0.5, 0.6) is 0 Å². The molecular formula is C19H22ClNO4S2. The second-order valence-electron chi connectivity index (χ2n) is 7.20. The van der Waals surface area contributed by atoms with Gasteiger partial charge in [0.1, 0.15) is 0 Å². The minimum Gasteiger partial charge on any atom is -0.228 e. The van der Waals surface area contributed by atoms with Gasteiger partial charge in [-0.15, -0.1) is 0 Å². The Hall–Kier alpha value is -1.41. The molecule has 1 fully saturated rings. The van der Waals surface area contributed by atoms with Crippen molar-refractivity contribution in [2.75, 3.05) is 18.8 Å². The van der Waals surface area contributed by atoms with Gasteiger partial charge in [0.25, 0.3) is 0 Å². The Bertz CT molecular complexity index is 1010. The lowest BCUT2D eigenvalue weighted by Gasteiger charge is -2.37. The first-order valence-corrected chi connectivity index (χ1v) is 12.2. The fraction of sp³-hybridized carbons (Fsp3) is 0.368. The number of benzene rings is 2. The molecule has 1 aliphatic heterocycles. The van der Waals surface area contributed by atoms with Crippen molar-refractivity contribution >= 4 is 31.5 Å². The van der Waals surface area contributed by atoms with E-state index < -0.39 is 25.1 Å². The van der Waals surface area contributed by atoms with Gasteiger partial charge in [-0.1, -0.05) is 49.7 Å². The van der Waals surface area contributed by atoms with Crippen molar-refractivity contribution in [3.05, 3.63) is 53.6 Å². The van der Waals surface area contributed by atoms with Gasteiger partial charge in [-0.25, -0.2) is 16.8 Å². The number of halogens is 1. The smallest absolute Gasteiger partial charge is 0.228 e. The van der Waals surface area contributed by atoms with Crippen molar-refractivity contribution in [1.82, 2.24) is 4.31 Å². The molecule has 0 N–H and O–H groups in total. The molecule has 2 aromatic rings. The van der Waals surface area contributed by atoms with Crippen molar-refractivity contribution in [3.63, 3.8) is 0 Å². The van der Waals surface area contributed by atoms with Crippen molar-refractivity contribution in [3.8, 4) is 11.1 Å². The highest BCUT2D eigenvalue weighted by molar-refractivity contribution is 7.92. The molecule has 0 unspecified atom stereocenters. The van der Waals surface area contributed by atoms with Gasteiger partial charge in [-0.3, -0.25) is 0 Å². The minimum atomic E-state index is -3.68. The van der Waals surface area contributed by atoms with Gasteiger partial charge in [-0.05, 0) is 41.3 Å². The molecule has 3 rings (SSSR count). The lowest BCUT2D eigenvalue weighted by atomic mass is 10.1. The summed E-state index contributed by atoms with van der Waals surface area (Å²) >= 11 is 5.89. The maximum Gasteiger partial charge on any atom is 0.243 e. The van der Waals surface area contributed by atoms with Crippen LogP contribution < -0.4 is 0 Å². The molecule has 0 bridgehead atoms. The van der Waals surface area contributed by atoms with Gasteiger partial charge in [0.15, 0.2) is 9.84 Å². The highest BCUT2D eigenvalue weighted by Gasteiger charge is 2.43. The van der Waals surface area contributed by atoms with Crippen molar-refractivity contribution < 1.29 is 16.8 Å². The standard InChI is InChI=1S/C19H22ClNO4S2/c1-14(2)13-26(22,23)19-11-21(12-19)27(24,25)18-9-5-16(6-10-18)15-3-7-17(20)8-4-15/h3-10,14,19H,11-13H2,1-2H3. The van der Waals surface area contributed by atoms with Gasteiger partial charge in [0, 0.05) is 18.1 Å². The fourth-order valence-corrected chi connectivity index (χ4v) is 6.90. The van der Waals surface area contributed by atoms with Crippen LogP contribution in [-0.2, 0) is 19.9 Å². The van der Waals surface area contributed by atoms with Crippen molar-refractivity contribution in [1.29, 1.82) is 0 Å². The third-order valence-electron chi connectivity index (χ3n) is 4.56. The second kappa shape index (κ2) is 7.54. The largest absolute Gasteiger partial charge is 0.243 e. The van der Waals surface area contributed by atoms with E-state index in [1.54, 1.807) is 36.4 Å². The molecule has 27 heavy (non-hydrogen) atoms. The summed E-state index contributed by atoms with van der Waals surface area (Å²) in [4.78, 5) is 0.167. The van der Waals surface area contributed by atoms with Crippen LogP contribution in [0, 0.1) is 5.92 Å². The summed E-state index contributed by atoms with van der Waals surface area (Å²) in [6.07, 6.45) is 0. The molecule has 1 aliphatic rings. The fourth-order valence-electron chi connectivity index (χ4n) is 3.04. The Labute approximate surface area is 165 Å². The van der Waals surface area contributed by atoms with E-state index in [1.807, 2.05) is 26.0 Å². The number of nitrogens with zero attached hydrogens (tertiary/aromatic N) is 1. The number of sulfone groups is 1. The molecule has 1 heterocycles. The molecule has 0 aromatic heterocycles. The average Bonchev–Trinajstić information content (AvgIpc) is 2.52. The van der Waals surface area contributed by atoms with Gasteiger partial charge in [0.05, 0.1) is 15.9 Å². The first-order valence-electron chi connectivity index (χ1n) is 8.67. The summed E-state index contributed by atoms with van der Waals surface area (Å²) in [5.41, 5.74) is 1.82. The molecule has 5 nitrogen and oxygen atoms in total. The molecule has 146 valence electrons. The quantitative estimate of drug-likeness (QED) is 0.707. The molecule has 0 amide bonds. The van der Waals surface area contributed by atoms with Gasteiger partial charge in [0.2, 0.25) is 10.0 Å². The van der Waals surface area contributed by atoms with Crippen LogP contribution in [0.15, 0.2) is 53.4 Å². The molecule has 2 aromatic carbocycles. The first kappa shape index (κ1) is 20.3. The number of sulfonamides is 1. The SMILES string of the molecule is CC(C)CS(=O)(=O)C1CN(S(=O)(=O)c2ccc(-c3ccc(Cl)cc3)cc2)C1. The summed E-state index contributed by atoms with van der Waals surface area (Å²) in [5.74, 6) is 0.113. The zero-order valence-electron chi connectivity index (χ0n) is 15.2. The van der Waals surface area contributed by atoms with Crippen LogP contribution in [0.1, 0.15) is 13.8 Å². The van der Waals surface area contributed by atoms with Crippen LogP contribution in [-0.4, -0.2) is 45.2 Å². The Kier molecular flexibility index (Phi) is 5.68. The minimum absolute atomic E-state index is 0.0241. The maximum atomic E-state index is 12.7. The molecule has 0 radical (unpaired) electrons. The van der Waals surface area contributed by atoms with Crippen LogP contribution in [0.25, 0.3) is 11.1 Å². The van der Waals surface area contributed by atoms with E-state index in [0.29, 0.717) is 5.02 Å². The predicted octanol–water partition coefficient (Wildman–Crippen LogP) is 3.45. The second-order valence-corrected chi connectivity index (χ2v) is 11.9. The van der Waals surface area contributed by atoms with E-state index in [0.717, 1.165) is 11.1 Å². The normalized spacial score (nSPS) is 16.4. The van der Waals surface area contributed by atoms with E-state index in [4.69, 9.17) is 11.6 Å². The van der Waals surface area contributed by atoms with Crippen LogP contribution >= 0.6 is 11.6 Å². The number of rotatable bonds is 6. The molecule has 0 atom stereocenters. The topological polar surface area (TPSA) is 71.5 Å². The van der Waals surface area contributed by atoms with Crippen molar-refractivity contribution in [2.24, 2.45) is 5.92 Å². The van der Waals surface area contributed by atoms with E-state index in [-0.39, 0.29) is 29.7 Å². The number of hydrogen-bond donors (Lipinski definition) is 0. The zero-order chi connectivity index (χ0) is 19.8. The summed E-state index contributed by atoms with van der Waals surface area (Å²) in [6.45, 7) is 3.73.